The van der Waals surface area contributed by atoms with Crippen LogP contribution in [0.5, 0.6) is 11.5 Å². The Morgan fingerprint density at radius 1 is 1.11 bits per heavy atom. The fraction of sp³-hybridized carbons (Fsp3) is 0.300. The van der Waals surface area contributed by atoms with Gasteiger partial charge in [0.15, 0.2) is 23.0 Å². The average molecular weight is 621 g/mol. The molecule has 2 aromatic carbocycles. The number of likely N-dealkylation sites (N-methyl/N-ethyl adjacent to an activating group) is 1. The number of anilines is 3. The predicted octanol–water partition coefficient (Wildman–Crippen LogP) is 3.16. The number of aromatic nitrogens is 3. The number of rotatable bonds is 9. The lowest BCUT2D eigenvalue weighted by molar-refractivity contribution is -0.132. The molecule has 2 aliphatic heterocycles. The number of pyridine rings is 1. The molecule has 2 atom stereocenters. The fourth-order valence-electron chi connectivity index (χ4n) is 5.32. The molecule has 0 saturated carbocycles. The number of benzene rings is 2. The Labute approximate surface area is 255 Å². The van der Waals surface area contributed by atoms with Crippen LogP contribution in [0.3, 0.4) is 0 Å². The van der Waals surface area contributed by atoms with Crippen molar-refractivity contribution in [1.29, 1.82) is 0 Å². The van der Waals surface area contributed by atoms with E-state index in [4.69, 9.17) is 4.74 Å². The lowest BCUT2D eigenvalue weighted by atomic mass is 9.99. The van der Waals surface area contributed by atoms with Crippen molar-refractivity contribution < 1.29 is 33.0 Å². The van der Waals surface area contributed by atoms with E-state index in [-0.39, 0.29) is 48.1 Å². The van der Waals surface area contributed by atoms with Crippen LogP contribution >= 0.6 is 0 Å². The number of carbonyl (C=O) groups is 3. The summed E-state index contributed by atoms with van der Waals surface area (Å²) >= 11 is 0. The number of halogens is 2. The Morgan fingerprint density at radius 3 is 2.56 bits per heavy atom. The Hall–Kier alpha value is -5.15. The van der Waals surface area contributed by atoms with E-state index in [1.807, 2.05) is 11.9 Å². The number of carbonyl (C=O) groups excluding carboxylic acids is 3. The molecule has 2 aliphatic rings. The molecule has 4 amide bonds. The summed E-state index contributed by atoms with van der Waals surface area (Å²) in [5.74, 6) is -3.66. The quantitative estimate of drug-likeness (QED) is 0.207. The number of hydrogen-bond donors (Lipinski definition) is 4. The maximum atomic E-state index is 15.3. The summed E-state index contributed by atoms with van der Waals surface area (Å²) in [5, 5.41) is 22.4. The molecule has 0 radical (unpaired) electrons. The molecular weight excluding hydrogens is 590 g/mol. The predicted molar refractivity (Wildman–Crippen MR) is 160 cm³/mol. The lowest BCUT2D eigenvalue weighted by Gasteiger charge is -2.48. The second-order valence-corrected chi connectivity index (χ2v) is 11.1. The highest BCUT2D eigenvalue weighted by molar-refractivity contribution is 6.23. The van der Waals surface area contributed by atoms with Crippen molar-refractivity contribution in [3.8, 4) is 11.5 Å². The number of imide groups is 1. The van der Waals surface area contributed by atoms with E-state index >= 15 is 4.39 Å². The van der Waals surface area contributed by atoms with Crippen LogP contribution in [-0.2, 0) is 9.59 Å². The molecule has 2 fully saturated rings. The Morgan fingerprint density at radius 2 is 1.87 bits per heavy atom. The minimum absolute atomic E-state index is 0.0696. The molecule has 2 saturated heterocycles. The Bertz CT molecular complexity index is 1760. The highest BCUT2D eigenvalue weighted by Gasteiger charge is 2.47. The molecule has 4 N–H and O–H groups in total. The van der Waals surface area contributed by atoms with Crippen molar-refractivity contribution in [3.63, 3.8) is 0 Å². The van der Waals surface area contributed by atoms with Gasteiger partial charge >= 0.3 is 6.03 Å². The first kappa shape index (κ1) is 29.9. The van der Waals surface area contributed by atoms with Crippen LogP contribution in [0.4, 0.5) is 30.8 Å². The molecule has 234 valence electrons. The largest absolute Gasteiger partial charge is 0.453 e. The summed E-state index contributed by atoms with van der Waals surface area (Å²) < 4.78 is 34.7. The number of nitrogens with one attached hydrogen (secondary N) is 3. The van der Waals surface area contributed by atoms with E-state index in [1.54, 1.807) is 6.92 Å². The summed E-state index contributed by atoms with van der Waals surface area (Å²) in [6.07, 6.45) is 1.47. The van der Waals surface area contributed by atoms with Crippen LogP contribution in [0.1, 0.15) is 6.92 Å². The van der Waals surface area contributed by atoms with E-state index in [0.29, 0.717) is 29.9 Å². The molecule has 1 unspecified atom stereocenters. The molecule has 45 heavy (non-hydrogen) atoms. The summed E-state index contributed by atoms with van der Waals surface area (Å²) in [6.45, 7) is 2.59. The standard InChI is InChI=1S/C30H30F2N8O5/c1-16(15-41)34-27-25-24(9-10-33-26(25)36-37-27)45-23-8-5-18(11-22(23)32)35-28(42)21-14-39(20-12-38(2)13-20)30(44)40(29(21)43)19-6-3-17(31)4-7-19/h3-11,16,20-21,41H,12-15H2,1-2H3,(H,35,42)(H2,33,34,36,37)/t16-,21?/m1/s1. The van der Waals surface area contributed by atoms with Gasteiger partial charge < -0.3 is 30.3 Å². The highest BCUT2D eigenvalue weighted by atomic mass is 19.1. The second kappa shape index (κ2) is 12.1. The van der Waals surface area contributed by atoms with E-state index < -0.39 is 35.4 Å². The number of aliphatic hydroxyl groups excluding tert-OH is 1. The van der Waals surface area contributed by atoms with Gasteiger partial charge in [-0.2, -0.15) is 5.10 Å². The van der Waals surface area contributed by atoms with Crippen LogP contribution in [0.2, 0.25) is 0 Å². The third-order valence-electron chi connectivity index (χ3n) is 7.72. The van der Waals surface area contributed by atoms with Gasteiger partial charge in [0.05, 0.1) is 18.3 Å². The third kappa shape index (κ3) is 5.86. The topological polar surface area (TPSA) is 156 Å². The minimum Gasteiger partial charge on any atom is -0.453 e. The zero-order valence-corrected chi connectivity index (χ0v) is 24.3. The number of urea groups is 1. The van der Waals surface area contributed by atoms with Gasteiger partial charge in [-0.25, -0.2) is 23.5 Å². The van der Waals surface area contributed by atoms with Crippen molar-refractivity contribution >= 4 is 46.1 Å². The SMILES string of the molecule is C[C@H](CO)Nc1n[nH]c2nccc(Oc3ccc(NC(=O)C4CN(C5CN(C)C5)C(=O)N(c5ccc(F)cc5)C4=O)cc3F)c12. The van der Waals surface area contributed by atoms with E-state index in [9.17, 15) is 23.9 Å². The summed E-state index contributed by atoms with van der Waals surface area (Å²) in [5.41, 5.74) is 0.596. The number of H-pyrrole nitrogens is 1. The lowest BCUT2D eigenvalue weighted by Crippen LogP contribution is -2.68. The highest BCUT2D eigenvalue weighted by Crippen LogP contribution is 2.35. The number of likely N-dealkylation sites (tertiary alicyclic amines) is 1. The van der Waals surface area contributed by atoms with Crippen LogP contribution < -0.4 is 20.3 Å². The number of hydrogen-bond acceptors (Lipinski definition) is 9. The van der Waals surface area contributed by atoms with Gasteiger partial charge in [0.2, 0.25) is 11.8 Å². The number of amides is 4. The van der Waals surface area contributed by atoms with Crippen molar-refractivity contribution in [2.45, 2.75) is 19.0 Å². The second-order valence-electron chi connectivity index (χ2n) is 11.1. The number of ether oxygens (including phenoxy) is 1. The Kier molecular flexibility index (Phi) is 8.03. The maximum absolute atomic E-state index is 15.3. The fourth-order valence-corrected chi connectivity index (χ4v) is 5.32. The van der Waals surface area contributed by atoms with Crippen molar-refractivity contribution in [1.82, 2.24) is 25.0 Å². The van der Waals surface area contributed by atoms with Crippen molar-refractivity contribution in [2.24, 2.45) is 5.92 Å². The van der Waals surface area contributed by atoms with Crippen LogP contribution in [0.15, 0.2) is 54.7 Å². The Balaban J connectivity index is 1.21. The third-order valence-corrected chi connectivity index (χ3v) is 7.72. The molecule has 0 spiro atoms. The average Bonchev–Trinajstić information content (AvgIpc) is 3.41. The van der Waals surface area contributed by atoms with Crippen LogP contribution in [-0.4, -0.2) is 93.3 Å². The van der Waals surface area contributed by atoms with E-state index in [0.717, 1.165) is 23.1 Å². The molecule has 15 heteroatoms. The van der Waals surface area contributed by atoms with Gasteiger partial charge in [-0.15, -0.1) is 0 Å². The maximum Gasteiger partial charge on any atom is 0.331 e. The zero-order chi connectivity index (χ0) is 31.8. The first-order valence-electron chi connectivity index (χ1n) is 14.2. The first-order chi connectivity index (χ1) is 21.6. The van der Waals surface area contributed by atoms with E-state index in [1.165, 1.54) is 41.4 Å². The van der Waals surface area contributed by atoms with Gasteiger partial charge in [-0.1, -0.05) is 0 Å². The van der Waals surface area contributed by atoms with Crippen molar-refractivity contribution in [2.75, 3.05) is 48.8 Å². The summed E-state index contributed by atoms with van der Waals surface area (Å²) in [7, 11) is 1.89. The first-order valence-corrected chi connectivity index (χ1v) is 14.2. The molecule has 0 aliphatic carbocycles. The van der Waals surface area contributed by atoms with Crippen LogP contribution in [0, 0.1) is 17.6 Å². The smallest absolute Gasteiger partial charge is 0.331 e. The molecule has 6 rings (SSSR count). The number of aromatic amines is 1. The molecule has 4 aromatic rings. The molecular formula is C30H30F2N8O5. The molecule has 13 nitrogen and oxygen atoms in total. The summed E-state index contributed by atoms with van der Waals surface area (Å²) in [6, 6.07) is 9.10. The van der Waals surface area contributed by atoms with Crippen LogP contribution in [0.25, 0.3) is 11.0 Å². The van der Waals surface area contributed by atoms with Crippen molar-refractivity contribution in [3.05, 3.63) is 66.4 Å². The monoisotopic (exact) mass is 620 g/mol. The molecule has 0 bridgehead atoms. The minimum atomic E-state index is -1.30. The number of nitrogens with zero attached hydrogens (tertiary/aromatic N) is 5. The van der Waals surface area contributed by atoms with Gasteiger partial charge in [-0.05, 0) is 50.4 Å². The number of fused-ring (bicyclic) bond motifs is 1. The van der Waals surface area contributed by atoms with E-state index in [2.05, 4.69) is 25.8 Å². The van der Waals surface area contributed by atoms with Gasteiger partial charge in [0, 0.05) is 49.7 Å². The van der Waals surface area contributed by atoms with Gasteiger partial charge in [0.1, 0.15) is 22.9 Å². The number of aliphatic hydroxyl groups is 1. The molecule has 2 aromatic heterocycles. The molecule has 4 heterocycles. The van der Waals surface area contributed by atoms with Gasteiger partial charge in [0.25, 0.3) is 0 Å². The van der Waals surface area contributed by atoms with Gasteiger partial charge in [-0.3, -0.25) is 14.7 Å². The normalized spacial score (nSPS) is 18.2. The zero-order valence-electron chi connectivity index (χ0n) is 24.3. The summed E-state index contributed by atoms with van der Waals surface area (Å²) in [4.78, 5) is 48.9.